The number of carbonyl (C=O) groups excluding carboxylic acids is 1. The second-order valence-corrected chi connectivity index (χ2v) is 5.19. The predicted octanol–water partition coefficient (Wildman–Crippen LogP) is 1.74. The number of nitrogens with zero attached hydrogens (tertiary/aromatic N) is 2. The molecule has 1 aliphatic heterocycles. The van der Waals surface area contributed by atoms with Gasteiger partial charge in [0.2, 0.25) is 5.91 Å². The number of likely N-dealkylation sites (tertiary alicyclic amines) is 1. The molecule has 1 aliphatic rings. The predicted molar refractivity (Wildman–Crippen MR) is 70.7 cm³/mol. The van der Waals surface area contributed by atoms with E-state index in [1.807, 2.05) is 0 Å². The molecule has 1 fully saturated rings. The number of amides is 1. The number of carbonyl (C=O) groups is 1. The van der Waals surface area contributed by atoms with Crippen LogP contribution in [0.4, 0.5) is 13.2 Å². The fourth-order valence-electron chi connectivity index (χ4n) is 2.48. The van der Waals surface area contributed by atoms with Crippen LogP contribution in [0.25, 0.3) is 0 Å². The van der Waals surface area contributed by atoms with E-state index in [2.05, 4.69) is 15.3 Å². The van der Waals surface area contributed by atoms with E-state index in [-0.39, 0.29) is 11.8 Å². The average Bonchev–Trinajstić information content (AvgIpc) is 2.95. The number of piperidine rings is 1. The molecule has 0 bridgehead atoms. The Morgan fingerprint density at radius 3 is 2.67 bits per heavy atom. The van der Waals surface area contributed by atoms with E-state index in [4.69, 9.17) is 0 Å². The topological polar surface area (TPSA) is 61.0 Å². The second-order valence-electron chi connectivity index (χ2n) is 5.19. The molecule has 1 saturated heterocycles. The molecule has 2 heterocycles. The minimum absolute atomic E-state index is 0.0468. The number of rotatable bonds is 4. The van der Waals surface area contributed by atoms with E-state index in [0.717, 1.165) is 6.20 Å². The number of halogens is 3. The minimum Gasteiger partial charge on any atom is -0.343 e. The molecule has 5 nitrogen and oxygen atoms in total. The Morgan fingerprint density at radius 1 is 1.48 bits per heavy atom. The van der Waals surface area contributed by atoms with E-state index in [9.17, 15) is 18.0 Å². The lowest BCUT2D eigenvalue weighted by Gasteiger charge is -2.31. The van der Waals surface area contributed by atoms with Crippen LogP contribution in [-0.2, 0) is 11.0 Å². The van der Waals surface area contributed by atoms with Gasteiger partial charge in [0.1, 0.15) is 11.5 Å². The largest absolute Gasteiger partial charge is 0.432 e. The number of hydrogen-bond donors (Lipinski definition) is 2. The molecule has 2 N–H and O–H groups in total. The van der Waals surface area contributed by atoms with Gasteiger partial charge in [0.05, 0.1) is 6.20 Å². The van der Waals surface area contributed by atoms with E-state index in [1.54, 1.807) is 11.9 Å². The third kappa shape index (κ3) is 3.96. The smallest absolute Gasteiger partial charge is 0.343 e. The first-order chi connectivity index (χ1) is 9.91. The Labute approximate surface area is 120 Å². The number of alkyl halides is 3. The SMILES string of the molecule is CNCCC(=O)N1CCC(c2ncc(C(F)(F)F)[nH]2)CC1. The van der Waals surface area contributed by atoms with Crippen LogP contribution in [0.5, 0.6) is 0 Å². The average molecular weight is 304 g/mol. The zero-order chi connectivity index (χ0) is 15.5. The van der Waals surface area contributed by atoms with Crippen molar-refractivity contribution in [1.82, 2.24) is 20.2 Å². The lowest BCUT2D eigenvalue weighted by atomic mass is 9.96. The molecule has 0 aliphatic carbocycles. The highest BCUT2D eigenvalue weighted by molar-refractivity contribution is 5.76. The van der Waals surface area contributed by atoms with Crippen molar-refractivity contribution >= 4 is 5.91 Å². The van der Waals surface area contributed by atoms with Crippen molar-refractivity contribution in [3.63, 3.8) is 0 Å². The van der Waals surface area contributed by atoms with Crippen LogP contribution in [-0.4, -0.2) is 47.5 Å². The summed E-state index contributed by atoms with van der Waals surface area (Å²) < 4.78 is 37.6. The maximum atomic E-state index is 12.5. The summed E-state index contributed by atoms with van der Waals surface area (Å²) in [6, 6.07) is 0. The van der Waals surface area contributed by atoms with Crippen molar-refractivity contribution in [3.8, 4) is 0 Å². The molecule has 8 heteroatoms. The molecule has 1 aromatic rings. The summed E-state index contributed by atoms with van der Waals surface area (Å²) >= 11 is 0. The fraction of sp³-hybridized carbons (Fsp3) is 0.692. The van der Waals surface area contributed by atoms with Crippen molar-refractivity contribution < 1.29 is 18.0 Å². The van der Waals surface area contributed by atoms with Gasteiger partial charge in [-0.1, -0.05) is 0 Å². The summed E-state index contributed by atoms with van der Waals surface area (Å²) in [4.78, 5) is 19.8. The Balaban J connectivity index is 1.89. The second kappa shape index (κ2) is 6.46. The molecular formula is C13H19F3N4O. The van der Waals surface area contributed by atoms with Crippen LogP contribution < -0.4 is 5.32 Å². The third-order valence-electron chi connectivity index (χ3n) is 3.72. The van der Waals surface area contributed by atoms with Gasteiger partial charge in [0.25, 0.3) is 0 Å². The lowest BCUT2D eigenvalue weighted by molar-refractivity contribution is -0.141. The molecule has 1 aromatic heterocycles. The van der Waals surface area contributed by atoms with E-state index >= 15 is 0 Å². The molecule has 0 radical (unpaired) electrons. The van der Waals surface area contributed by atoms with Gasteiger partial charge in [-0.25, -0.2) is 4.98 Å². The van der Waals surface area contributed by atoms with Crippen LogP contribution in [0.1, 0.15) is 36.7 Å². The van der Waals surface area contributed by atoms with Gasteiger partial charge >= 0.3 is 6.18 Å². The van der Waals surface area contributed by atoms with Crippen molar-refractivity contribution in [2.45, 2.75) is 31.4 Å². The Hall–Kier alpha value is -1.57. The van der Waals surface area contributed by atoms with Crippen molar-refractivity contribution in [1.29, 1.82) is 0 Å². The summed E-state index contributed by atoms with van der Waals surface area (Å²) in [6.07, 6.45) is -1.85. The molecule has 0 atom stereocenters. The van der Waals surface area contributed by atoms with E-state index in [1.165, 1.54) is 0 Å². The zero-order valence-corrected chi connectivity index (χ0v) is 11.8. The lowest BCUT2D eigenvalue weighted by Crippen LogP contribution is -2.39. The highest BCUT2D eigenvalue weighted by atomic mass is 19.4. The molecule has 0 aromatic carbocycles. The molecule has 21 heavy (non-hydrogen) atoms. The maximum Gasteiger partial charge on any atom is 0.432 e. The first kappa shape index (κ1) is 15.8. The first-order valence-corrected chi connectivity index (χ1v) is 6.96. The fourth-order valence-corrected chi connectivity index (χ4v) is 2.48. The molecule has 1 amide bonds. The van der Waals surface area contributed by atoms with Gasteiger partial charge in [-0.2, -0.15) is 13.2 Å². The summed E-state index contributed by atoms with van der Waals surface area (Å²) in [6.45, 7) is 1.76. The van der Waals surface area contributed by atoms with E-state index in [0.29, 0.717) is 44.7 Å². The maximum absolute atomic E-state index is 12.5. The monoisotopic (exact) mass is 304 g/mol. The summed E-state index contributed by atoms with van der Waals surface area (Å²) in [5.74, 6) is 0.400. The summed E-state index contributed by atoms with van der Waals surface area (Å²) in [7, 11) is 1.79. The van der Waals surface area contributed by atoms with Crippen molar-refractivity contribution in [2.75, 3.05) is 26.7 Å². The first-order valence-electron chi connectivity index (χ1n) is 6.96. The summed E-state index contributed by atoms with van der Waals surface area (Å²) in [5.41, 5.74) is -0.815. The van der Waals surface area contributed by atoms with Gasteiger partial charge in [0.15, 0.2) is 0 Å². The van der Waals surface area contributed by atoms with Crippen LogP contribution >= 0.6 is 0 Å². The molecule has 0 unspecified atom stereocenters. The Bertz CT molecular complexity index is 478. The molecular weight excluding hydrogens is 285 g/mol. The number of hydrogen-bond acceptors (Lipinski definition) is 3. The van der Waals surface area contributed by atoms with Gasteiger partial charge in [-0.05, 0) is 19.9 Å². The van der Waals surface area contributed by atoms with Gasteiger partial charge < -0.3 is 15.2 Å². The standard InChI is InChI=1S/C13H19F3N4O/c1-17-5-2-11(21)20-6-3-9(4-7-20)12-18-8-10(19-12)13(14,15)16/h8-9,17H,2-7H2,1H3,(H,18,19). The zero-order valence-electron chi connectivity index (χ0n) is 11.8. The van der Waals surface area contributed by atoms with Gasteiger partial charge in [-0.3, -0.25) is 4.79 Å². The summed E-state index contributed by atoms with van der Waals surface area (Å²) in [5, 5.41) is 2.92. The van der Waals surface area contributed by atoms with Gasteiger partial charge in [0, 0.05) is 32.0 Å². The highest BCUT2D eigenvalue weighted by Gasteiger charge is 2.34. The molecule has 118 valence electrons. The van der Waals surface area contributed by atoms with Crippen LogP contribution in [0, 0.1) is 0 Å². The number of H-pyrrole nitrogens is 1. The molecule has 0 spiro atoms. The van der Waals surface area contributed by atoms with E-state index < -0.39 is 11.9 Å². The van der Waals surface area contributed by atoms with Crippen LogP contribution in [0.3, 0.4) is 0 Å². The normalized spacial score (nSPS) is 17.2. The van der Waals surface area contributed by atoms with Crippen molar-refractivity contribution in [3.05, 3.63) is 17.7 Å². The van der Waals surface area contributed by atoms with Gasteiger partial charge in [-0.15, -0.1) is 0 Å². The Morgan fingerprint density at radius 2 is 2.14 bits per heavy atom. The molecule has 2 rings (SSSR count). The number of aromatic amines is 1. The third-order valence-corrected chi connectivity index (χ3v) is 3.72. The number of imidazole rings is 1. The molecule has 0 saturated carbocycles. The Kier molecular flexibility index (Phi) is 4.87. The van der Waals surface area contributed by atoms with Crippen molar-refractivity contribution in [2.24, 2.45) is 0 Å². The quantitative estimate of drug-likeness (QED) is 0.891. The van der Waals surface area contributed by atoms with Crippen LogP contribution in [0.2, 0.25) is 0 Å². The van der Waals surface area contributed by atoms with Crippen LogP contribution in [0.15, 0.2) is 6.20 Å². The highest BCUT2D eigenvalue weighted by Crippen LogP contribution is 2.31. The number of nitrogens with one attached hydrogen (secondary N) is 2. The number of aromatic nitrogens is 2. The minimum atomic E-state index is -4.39.